The van der Waals surface area contributed by atoms with Gasteiger partial charge in [0.2, 0.25) is 0 Å². The van der Waals surface area contributed by atoms with Crippen molar-refractivity contribution in [3.05, 3.63) is 0 Å². The van der Waals surface area contributed by atoms with Gasteiger partial charge in [0.15, 0.2) is 0 Å². The molecule has 0 aliphatic heterocycles. The maximum atomic E-state index is 10.8. The van der Waals surface area contributed by atoms with Gasteiger partial charge in [-0.3, -0.25) is 9.69 Å². The smallest absolute Gasteiger partial charge is 0.319 e. The second-order valence-electron chi connectivity index (χ2n) is 2.35. The summed E-state index contributed by atoms with van der Waals surface area (Å²) in [4.78, 5) is 12.7. The molecule has 12 heavy (non-hydrogen) atoms. The number of likely N-dealkylation sites (N-methyl/N-ethyl adjacent to an activating group) is 1. The molecule has 0 aromatic rings. The van der Waals surface area contributed by atoms with E-state index in [0.29, 0.717) is 13.0 Å². The lowest BCUT2D eigenvalue weighted by atomic mass is 10.4. The summed E-state index contributed by atoms with van der Waals surface area (Å²) in [6.07, 6.45) is 0.449. The Labute approximate surface area is 72.7 Å². The lowest BCUT2D eigenvalue weighted by molar-refractivity contribution is -0.141. The quantitative estimate of drug-likeness (QED) is 0.560. The Bertz CT molecular complexity index is 174. The van der Waals surface area contributed by atoms with Gasteiger partial charge in [-0.15, -0.1) is 0 Å². The minimum absolute atomic E-state index is 0.255. The number of ether oxygens (including phenoxy) is 1. The van der Waals surface area contributed by atoms with E-state index in [4.69, 9.17) is 5.26 Å². The summed E-state index contributed by atoms with van der Waals surface area (Å²) in [6, 6.07) is 2.03. The van der Waals surface area contributed by atoms with E-state index in [1.807, 2.05) is 17.9 Å². The zero-order chi connectivity index (χ0) is 9.40. The summed E-state index contributed by atoms with van der Waals surface area (Å²) in [6.45, 7) is 3.61. The van der Waals surface area contributed by atoms with Gasteiger partial charge in [0, 0.05) is 13.0 Å². The number of nitrogens with zero attached hydrogens (tertiary/aromatic N) is 2. The summed E-state index contributed by atoms with van der Waals surface area (Å²) < 4.78 is 4.50. The van der Waals surface area contributed by atoms with Crippen molar-refractivity contribution in [1.82, 2.24) is 4.90 Å². The summed E-state index contributed by atoms with van der Waals surface area (Å²) in [5.74, 6) is -0.255. The van der Waals surface area contributed by atoms with E-state index in [1.54, 1.807) is 0 Å². The Morgan fingerprint density at radius 1 is 1.67 bits per heavy atom. The molecule has 0 saturated carbocycles. The zero-order valence-corrected chi connectivity index (χ0v) is 7.54. The van der Waals surface area contributed by atoms with Crippen molar-refractivity contribution in [2.45, 2.75) is 13.3 Å². The van der Waals surface area contributed by atoms with Gasteiger partial charge in [-0.05, 0) is 6.54 Å². The predicted molar refractivity (Wildman–Crippen MR) is 44.4 cm³/mol. The Kier molecular flexibility index (Phi) is 6.02. The van der Waals surface area contributed by atoms with Crippen molar-refractivity contribution in [2.75, 3.05) is 26.7 Å². The molecule has 0 fully saturated rings. The van der Waals surface area contributed by atoms with Crippen molar-refractivity contribution in [1.29, 1.82) is 5.26 Å². The van der Waals surface area contributed by atoms with Crippen LogP contribution in [0, 0.1) is 11.3 Å². The monoisotopic (exact) mass is 170 g/mol. The second kappa shape index (κ2) is 6.62. The van der Waals surface area contributed by atoms with E-state index in [-0.39, 0.29) is 12.5 Å². The van der Waals surface area contributed by atoms with Crippen LogP contribution in [0.25, 0.3) is 0 Å². The highest BCUT2D eigenvalue weighted by molar-refractivity contribution is 5.71. The normalized spacial score (nSPS) is 9.50. The minimum atomic E-state index is -0.255. The molecule has 0 amide bonds. The Morgan fingerprint density at radius 2 is 2.33 bits per heavy atom. The minimum Gasteiger partial charge on any atom is -0.468 e. The highest BCUT2D eigenvalue weighted by Gasteiger charge is 2.07. The van der Waals surface area contributed by atoms with Crippen LogP contribution in [0.1, 0.15) is 13.3 Å². The number of esters is 1. The molecular formula is C8H14N2O2. The van der Waals surface area contributed by atoms with Crippen LogP contribution in [-0.4, -0.2) is 37.6 Å². The first-order valence-corrected chi connectivity index (χ1v) is 3.90. The number of carbonyl (C=O) groups excluding carboxylic acids is 1. The van der Waals surface area contributed by atoms with Crippen LogP contribution < -0.4 is 0 Å². The van der Waals surface area contributed by atoms with Crippen LogP contribution >= 0.6 is 0 Å². The molecule has 4 heteroatoms. The molecule has 0 N–H and O–H groups in total. The first-order valence-electron chi connectivity index (χ1n) is 3.90. The molecule has 0 unspecified atom stereocenters. The summed E-state index contributed by atoms with van der Waals surface area (Å²) in [7, 11) is 1.36. The Hall–Kier alpha value is -1.08. The average Bonchev–Trinajstić information content (AvgIpc) is 2.11. The van der Waals surface area contributed by atoms with Crippen LogP contribution in [0.5, 0.6) is 0 Å². The lowest BCUT2D eigenvalue weighted by Crippen LogP contribution is -2.31. The van der Waals surface area contributed by atoms with E-state index in [9.17, 15) is 4.79 Å². The third-order valence-electron chi connectivity index (χ3n) is 1.57. The second-order valence-corrected chi connectivity index (χ2v) is 2.35. The van der Waals surface area contributed by atoms with E-state index < -0.39 is 0 Å². The standard InChI is InChI=1S/C8H14N2O2/c1-3-10(6-4-5-9)7-8(11)12-2/h3-4,6-7H2,1-2H3. The van der Waals surface area contributed by atoms with Gasteiger partial charge in [-0.2, -0.15) is 5.26 Å². The highest BCUT2D eigenvalue weighted by Crippen LogP contribution is 1.90. The van der Waals surface area contributed by atoms with Crippen molar-refractivity contribution in [3.8, 4) is 6.07 Å². The van der Waals surface area contributed by atoms with Gasteiger partial charge >= 0.3 is 5.97 Å². The van der Waals surface area contributed by atoms with Gasteiger partial charge < -0.3 is 4.74 Å². The molecule has 68 valence electrons. The number of carbonyl (C=O) groups is 1. The molecular weight excluding hydrogens is 156 g/mol. The molecule has 0 rings (SSSR count). The fourth-order valence-corrected chi connectivity index (χ4v) is 0.804. The van der Waals surface area contributed by atoms with Crippen LogP contribution in [-0.2, 0) is 9.53 Å². The largest absolute Gasteiger partial charge is 0.468 e. The molecule has 0 bridgehead atoms. The van der Waals surface area contributed by atoms with Gasteiger partial charge in [0.05, 0.1) is 19.7 Å². The summed E-state index contributed by atoms with van der Waals surface area (Å²) in [5, 5.41) is 8.31. The number of hydrogen-bond donors (Lipinski definition) is 0. The van der Waals surface area contributed by atoms with Crippen molar-refractivity contribution >= 4 is 5.97 Å². The Morgan fingerprint density at radius 3 is 2.75 bits per heavy atom. The molecule has 0 aliphatic rings. The number of nitriles is 1. The van der Waals surface area contributed by atoms with Gasteiger partial charge in [0.25, 0.3) is 0 Å². The molecule has 0 heterocycles. The number of methoxy groups -OCH3 is 1. The van der Waals surface area contributed by atoms with Crippen LogP contribution in [0.3, 0.4) is 0 Å². The predicted octanol–water partition coefficient (Wildman–Crippen LogP) is 0.395. The first kappa shape index (κ1) is 10.9. The van der Waals surface area contributed by atoms with E-state index in [1.165, 1.54) is 7.11 Å². The average molecular weight is 170 g/mol. The molecule has 0 atom stereocenters. The first-order chi connectivity index (χ1) is 5.74. The zero-order valence-electron chi connectivity index (χ0n) is 7.54. The Balaban J connectivity index is 3.68. The van der Waals surface area contributed by atoms with Crippen molar-refractivity contribution in [3.63, 3.8) is 0 Å². The molecule has 0 aromatic carbocycles. The van der Waals surface area contributed by atoms with Gasteiger partial charge in [-0.25, -0.2) is 0 Å². The molecule has 0 spiro atoms. The van der Waals surface area contributed by atoms with E-state index >= 15 is 0 Å². The molecule has 0 aliphatic carbocycles. The van der Waals surface area contributed by atoms with Crippen molar-refractivity contribution < 1.29 is 9.53 Å². The molecule has 0 saturated heterocycles. The fourth-order valence-electron chi connectivity index (χ4n) is 0.804. The van der Waals surface area contributed by atoms with Crippen LogP contribution in [0.2, 0.25) is 0 Å². The SMILES string of the molecule is CCN(CCC#N)CC(=O)OC. The van der Waals surface area contributed by atoms with E-state index in [0.717, 1.165) is 6.54 Å². The summed E-state index contributed by atoms with van der Waals surface area (Å²) in [5.41, 5.74) is 0. The third kappa shape index (κ3) is 4.69. The third-order valence-corrected chi connectivity index (χ3v) is 1.57. The fraction of sp³-hybridized carbons (Fsp3) is 0.750. The van der Waals surface area contributed by atoms with Gasteiger partial charge in [0.1, 0.15) is 0 Å². The molecule has 4 nitrogen and oxygen atoms in total. The maximum Gasteiger partial charge on any atom is 0.319 e. The number of hydrogen-bond acceptors (Lipinski definition) is 4. The lowest BCUT2D eigenvalue weighted by Gasteiger charge is -2.16. The summed E-state index contributed by atoms with van der Waals surface area (Å²) >= 11 is 0. The molecule has 0 aromatic heterocycles. The van der Waals surface area contributed by atoms with Crippen molar-refractivity contribution in [2.24, 2.45) is 0 Å². The van der Waals surface area contributed by atoms with E-state index in [2.05, 4.69) is 4.74 Å². The molecule has 0 radical (unpaired) electrons. The maximum absolute atomic E-state index is 10.8. The van der Waals surface area contributed by atoms with Gasteiger partial charge in [-0.1, -0.05) is 6.92 Å². The van der Waals surface area contributed by atoms with Crippen LogP contribution in [0.4, 0.5) is 0 Å². The topological polar surface area (TPSA) is 53.3 Å². The van der Waals surface area contributed by atoms with Crippen LogP contribution in [0.15, 0.2) is 0 Å². The number of rotatable bonds is 5. The highest BCUT2D eigenvalue weighted by atomic mass is 16.5.